The van der Waals surface area contributed by atoms with E-state index in [4.69, 9.17) is 0 Å². The smallest absolute Gasteiger partial charge is 0.123 e. The Morgan fingerprint density at radius 3 is 1.60 bits per heavy atom. The Morgan fingerprint density at radius 1 is 0.800 bits per heavy atom. The lowest BCUT2D eigenvalue weighted by Crippen LogP contribution is -2.22. The van der Waals surface area contributed by atoms with E-state index < -0.39 is 0 Å². The summed E-state index contributed by atoms with van der Waals surface area (Å²) in [6, 6.07) is 14.9. The average molecular weight is 362 g/mol. The van der Waals surface area contributed by atoms with Gasteiger partial charge in [0, 0.05) is 0 Å². The summed E-state index contributed by atoms with van der Waals surface area (Å²) in [7, 11) is 1.98. The van der Waals surface area contributed by atoms with Crippen LogP contribution in [0.4, 0.5) is 0 Å². The molecule has 0 aromatic heterocycles. The second-order valence-electron chi connectivity index (χ2n) is 8.60. The summed E-state index contributed by atoms with van der Waals surface area (Å²) < 4.78 is 0. The van der Waals surface area contributed by atoms with Crippen molar-refractivity contribution < 1.29 is 5.11 Å². The summed E-state index contributed by atoms with van der Waals surface area (Å²) in [5, 5.41) is 14.3. The van der Waals surface area contributed by atoms with Gasteiger partial charge in [-0.15, -0.1) is 12.4 Å². The Bertz CT molecular complexity index is 661. The quantitative estimate of drug-likeness (QED) is 0.732. The predicted octanol–water partition coefficient (Wildman–Crippen LogP) is 5.72. The minimum absolute atomic E-state index is 0. The summed E-state index contributed by atoms with van der Waals surface area (Å²) in [6.07, 6.45) is 0. The molecule has 0 radical (unpaired) electrons. The Balaban J connectivity index is 0.00000312. The van der Waals surface area contributed by atoms with E-state index in [2.05, 4.69) is 83.3 Å². The first-order valence-corrected chi connectivity index (χ1v) is 8.66. The Hall–Kier alpha value is -1.51. The molecule has 1 atom stereocenters. The van der Waals surface area contributed by atoms with Crippen molar-refractivity contribution in [3.63, 3.8) is 0 Å². The maximum absolute atomic E-state index is 10.9. The lowest BCUT2D eigenvalue weighted by atomic mass is 9.77. The van der Waals surface area contributed by atoms with Crippen molar-refractivity contribution in [3.8, 4) is 5.75 Å². The molecule has 0 fully saturated rings. The van der Waals surface area contributed by atoms with Gasteiger partial charge in [-0.05, 0) is 52.3 Å². The third-order valence-electron chi connectivity index (χ3n) is 4.50. The highest BCUT2D eigenvalue weighted by molar-refractivity contribution is 5.85. The highest BCUT2D eigenvalue weighted by atomic mass is 35.5. The molecule has 0 saturated heterocycles. The number of rotatable bonds is 3. The molecule has 138 valence electrons. The van der Waals surface area contributed by atoms with Crippen LogP contribution in [-0.4, -0.2) is 12.2 Å². The number of aromatic hydroxyl groups is 1. The number of benzene rings is 2. The first kappa shape index (κ1) is 21.5. The minimum Gasteiger partial charge on any atom is -0.507 e. The van der Waals surface area contributed by atoms with Crippen LogP contribution in [0, 0.1) is 0 Å². The fourth-order valence-electron chi connectivity index (χ4n) is 3.14. The SMILES string of the molecule is CNC(c1ccccc1)c1cc(C(C)(C)C)c(O)c(C(C)(C)C)c1.Cl. The molecule has 0 aliphatic heterocycles. The summed E-state index contributed by atoms with van der Waals surface area (Å²) in [4.78, 5) is 0. The molecule has 2 rings (SSSR count). The number of nitrogens with one attached hydrogen (secondary N) is 1. The van der Waals surface area contributed by atoms with Crippen molar-refractivity contribution in [1.29, 1.82) is 0 Å². The van der Waals surface area contributed by atoms with Gasteiger partial charge < -0.3 is 10.4 Å². The molecule has 0 heterocycles. The fourth-order valence-corrected chi connectivity index (χ4v) is 3.14. The number of hydrogen-bond donors (Lipinski definition) is 2. The minimum atomic E-state index is -0.116. The van der Waals surface area contributed by atoms with Crippen molar-refractivity contribution in [2.24, 2.45) is 0 Å². The molecule has 0 aliphatic rings. The van der Waals surface area contributed by atoms with Gasteiger partial charge in [-0.25, -0.2) is 0 Å². The van der Waals surface area contributed by atoms with E-state index in [9.17, 15) is 5.11 Å². The first-order chi connectivity index (χ1) is 11.1. The monoisotopic (exact) mass is 361 g/mol. The lowest BCUT2D eigenvalue weighted by Gasteiger charge is -2.30. The van der Waals surface area contributed by atoms with Crippen LogP contribution in [0.5, 0.6) is 5.75 Å². The van der Waals surface area contributed by atoms with Gasteiger partial charge in [0.15, 0.2) is 0 Å². The van der Waals surface area contributed by atoms with Crippen LogP contribution >= 0.6 is 12.4 Å². The van der Waals surface area contributed by atoms with E-state index in [-0.39, 0.29) is 29.3 Å². The fraction of sp³-hybridized carbons (Fsp3) is 0.455. The van der Waals surface area contributed by atoms with Crippen LogP contribution in [0.25, 0.3) is 0 Å². The maximum Gasteiger partial charge on any atom is 0.123 e. The largest absolute Gasteiger partial charge is 0.507 e. The van der Waals surface area contributed by atoms with Crippen molar-refractivity contribution >= 4 is 12.4 Å². The zero-order chi connectivity index (χ0) is 18.1. The highest BCUT2D eigenvalue weighted by Crippen LogP contribution is 2.41. The highest BCUT2D eigenvalue weighted by Gasteiger charge is 2.28. The maximum atomic E-state index is 10.9. The number of phenolic OH excluding ortho intramolecular Hbond substituents is 1. The molecule has 2 aromatic carbocycles. The van der Waals surface area contributed by atoms with E-state index in [1.807, 2.05) is 13.1 Å². The number of hydrogen-bond acceptors (Lipinski definition) is 2. The molecule has 2 nitrogen and oxygen atoms in total. The van der Waals surface area contributed by atoms with E-state index in [1.54, 1.807) is 0 Å². The van der Waals surface area contributed by atoms with Crippen molar-refractivity contribution in [2.45, 2.75) is 58.4 Å². The standard InChI is InChI=1S/C22H31NO.ClH/c1-21(2,3)17-13-16(14-18(20(17)24)22(4,5)6)19(23-7)15-11-9-8-10-12-15;/h8-14,19,23-24H,1-7H3;1H. The Labute approximate surface area is 159 Å². The molecule has 0 amide bonds. The van der Waals surface area contributed by atoms with Gasteiger partial charge >= 0.3 is 0 Å². The van der Waals surface area contributed by atoms with Crippen molar-refractivity contribution in [3.05, 3.63) is 64.7 Å². The van der Waals surface area contributed by atoms with Gasteiger partial charge in [0.2, 0.25) is 0 Å². The normalized spacial score (nSPS) is 13.2. The number of halogens is 1. The summed E-state index contributed by atoms with van der Waals surface area (Å²) in [6.45, 7) is 12.9. The number of phenols is 1. The second-order valence-corrected chi connectivity index (χ2v) is 8.60. The summed E-state index contributed by atoms with van der Waals surface area (Å²) in [5.74, 6) is 0.432. The van der Waals surface area contributed by atoms with Gasteiger partial charge in [-0.2, -0.15) is 0 Å². The van der Waals surface area contributed by atoms with Crippen LogP contribution in [0.2, 0.25) is 0 Å². The van der Waals surface area contributed by atoms with Crippen LogP contribution in [0.15, 0.2) is 42.5 Å². The second kappa shape index (κ2) is 7.80. The van der Waals surface area contributed by atoms with Gasteiger partial charge in [-0.1, -0.05) is 71.9 Å². The van der Waals surface area contributed by atoms with E-state index in [0.29, 0.717) is 5.75 Å². The molecule has 0 spiro atoms. The molecule has 2 N–H and O–H groups in total. The molecular weight excluding hydrogens is 330 g/mol. The molecule has 1 unspecified atom stereocenters. The van der Waals surface area contributed by atoms with Crippen LogP contribution < -0.4 is 5.32 Å². The van der Waals surface area contributed by atoms with Crippen LogP contribution in [-0.2, 0) is 10.8 Å². The van der Waals surface area contributed by atoms with Crippen LogP contribution in [0.3, 0.4) is 0 Å². The van der Waals surface area contributed by atoms with Gasteiger partial charge in [0.05, 0.1) is 6.04 Å². The molecule has 0 saturated carbocycles. The zero-order valence-corrected chi connectivity index (χ0v) is 17.3. The average Bonchev–Trinajstić information content (AvgIpc) is 2.48. The van der Waals surface area contributed by atoms with Crippen molar-refractivity contribution in [2.75, 3.05) is 7.05 Å². The topological polar surface area (TPSA) is 32.3 Å². The van der Waals surface area contributed by atoms with Crippen molar-refractivity contribution in [1.82, 2.24) is 5.32 Å². The molecular formula is C22H32ClNO. The zero-order valence-electron chi connectivity index (χ0n) is 16.5. The van der Waals surface area contributed by atoms with E-state index in [1.165, 1.54) is 11.1 Å². The predicted molar refractivity (Wildman–Crippen MR) is 110 cm³/mol. The third kappa shape index (κ3) is 4.77. The van der Waals surface area contributed by atoms with Crippen LogP contribution in [0.1, 0.15) is 69.8 Å². The van der Waals surface area contributed by atoms with E-state index in [0.717, 1.165) is 11.1 Å². The molecule has 0 bridgehead atoms. The van der Waals surface area contributed by atoms with Gasteiger partial charge in [0.1, 0.15) is 5.75 Å². The van der Waals surface area contributed by atoms with E-state index >= 15 is 0 Å². The van der Waals surface area contributed by atoms with Gasteiger partial charge in [0.25, 0.3) is 0 Å². The Kier molecular flexibility index (Phi) is 6.72. The molecule has 0 aliphatic carbocycles. The lowest BCUT2D eigenvalue weighted by molar-refractivity contribution is 0.422. The first-order valence-electron chi connectivity index (χ1n) is 8.66. The molecule has 25 heavy (non-hydrogen) atoms. The molecule has 3 heteroatoms. The molecule has 2 aromatic rings. The Morgan fingerprint density at radius 2 is 1.24 bits per heavy atom. The van der Waals surface area contributed by atoms with Gasteiger partial charge in [-0.3, -0.25) is 0 Å². The summed E-state index contributed by atoms with van der Waals surface area (Å²) >= 11 is 0. The summed E-state index contributed by atoms with van der Waals surface area (Å²) in [5.41, 5.74) is 4.19. The third-order valence-corrected chi connectivity index (χ3v) is 4.50.